The Kier molecular flexibility index (Phi) is 6.83. The second kappa shape index (κ2) is 10.5. The van der Waals surface area contributed by atoms with Gasteiger partial charge in [0.15, 0.2) is 40.3 Å². The predicted octanol–water partition coefficient (Wildman–Crippen LogP) is 4.27. The first kappa shape index (κ1) is 28.0. The van der Waals surface area contributed by atoms with Crippen molar-refractivity contribution in [1.29, 1.82) is 0 Å². The van der Waals surface area contributed by atoms with Crippen LogP contribution in [0.1, 0.15) is 0 Å². The Balaban J connectivity index is 0.000000171. The number of hydrogen-bond acceptors (Lipinski definition) is 13. The van der Waals surface area contributed by atoms with E-state index in [1.807, 2.05) is 0 Å². The molecule has 0 spiro atoms. The smallest absolute Gasteiger partial charge is 0.235 e. The largest absolute Gasteiger partial charge is 0.508 e. The Bertz CT molecular complexity index is 2150. The molecule has 0 saturated carbocycles. The van der Waals surface area contributed by atoms with Gasteiger partial charge in [-0.3, -0.25) is 9.59 Å². The van der Waals surface area contributed by atoms with Crippen molar-refractivity contribution < 1.29 is 54.8 Å². The summed E-state index contributed by atoms with van der Waals surface area (Å²) in [6, 6.07) is 13.4. The van der Waals surface area contributed by atoms with Gasteiger partial charge >= 0.3 is 0 Å². The van der Waals surface area contributed by atoms with Gasteiger partial charge in [0.2, 0.25) is 22.4 Å². The quantitative estimate of drug-likeness (QED) is 0.128. The van der Waals surface area contributed by atoms with E-state index < -0.39 is 45.4 Å². The first-order valence-corrected chi connectivity index (χ1v) is 12.1. The van der Waals surface area contributed by atoms with Crippen LogP contribution in [0.15, 0.2) is 85.2 Å². The van der Waals surface area contributed by atoms with Gasteiger partial charge < -0.3 is 54.8 Å². The van der Waals surface area contributed by atoms with Gasteiger partial charge in [-0.1, -0.05) is 0 Å². The highest BCUT2D eigenvalue weighted by Crippen LogP contribution is 2.41. The van der Waals surface area contributed by atoms with Crippen molar-refractivity contribution in [2.45, 2.75) is 0 Å². The molecule has 218 valence electrons. The Hall–Kier alpha value is -6.50. The number of benzene rings is 4. The standard InChI is InChI=1S/C15H10O7.C15H10O6/c16-7-1-2-8-11(5-7)22-15(14(21)12(8)19)6-3-9(17)13(20)10(18)4-6;16-8-2-3-9-12(6-8)21-15(14(20)13(9)19)7-1-4-10(17)11(18)5-7/h1-5,16-18,20-21H;1-6,16-18,20H. The molecule has 43 heavy (non-hydrogen) atoms. The summed E-state index contributed by atoms with van der Waals surface area (Å²) in [4.78, 5) is 24.2. The molecule has 2 heterocycles. The van der Waals surface area contributed by atoms with Crippen LogP contribution in [0.4, 0.5) is 0 Å². The minimum atomic E-state index is -0.733. The van der Waals surface area contributed by atoms with Crippen molar-refractivity contribution in [2.24, 2.45) is 0 Å². The third-order valence-electron chi connectivity index (χ3n) is 6.27. The molecule has 0 radical (unpaired) electrons. The molecule has 6 rings (SSSR count). The highest BCUT2D eigenvalue weighted by molar-refractivity contribution is 5.84. The van der Waals surface area contributed by atoms with Crippen molar-refractivity contribution >= 4 is 21.9 Å². The molecule has 13 nitrogen and oxygen atoms in total. The Morgan fingerprint density at radius 3 is 1.33 bits per heavy atom. The number of phenols is 7. The van der Waals surface area contributed by atoms with Gasteiger partial charge in [-0.15, -0.1) is 0 Å². The van der Waals surface area contributed by atoms with E-state index in [1.165, 1.54) is 48.5 Å². The zero-order valence-corrected chi connectivity index (χ0v) is 21.5. The number of rotatable bonds is 2. The van der Waals surface area contributed by atoms with Gasteiger partial charge in [0, 0.05) is 23.3 Å². The summed E-state index contributed by atoms with van der Waals surface area (Å²) in [5.41, 5.74) is -1.08. The van der Waals surface area contributed by atoms with Crippen LogP contribution in [0.25, 0.3) is 44.6 Å². The maximum atomic E-state index is 12.1. The summed E-state index contributed by atoms with van der Waals surface area (Å²) in [5, 5.41) is 86.1. The second-order valence-electron chi connectivity index (χ2n) is 9.15. The van der Waals surface area contributed by atoms with Crippen LogP contribution in [0, 0.1) is 0 Å². The van der Waals surface area contributed by atoms with Crippen LogP contribution in [0.5, 0.6) is 51.7 Å². The van der Waals surface area contributed by atoms with E-state index in [9.17, 15) is 55.5 Å². The monoisotopic (exact) mass is 588 g/mol. The van der Waals surface area contributed by atoms with E-state index in [2.05, 4.69) is 0 Å². The van der Waals surface area contributed by atoms with Gasteiger partial charge in [0.05, 0.1) is 10.8 Å². The summed E-state index contributed by atoms with van der Waals surface area (Å²) in [5.74, 6) is -4.79. The van der Waals surface area contributed by atoms with Crippen LogP contribution in [-0.2, 0) is 0 Å². The molecule has 0 bridgehead atoms. The van der Waals surface area contributed by atoms with E-state index in [1.54, 1.807) is 0 Å². The molecule has 4 aromatic carbocycles. The summed E-state index contributed by atoms with van der Waals surface area (Å²) in [7, 11) is 0. The predicted molar refractivity (Wildman–Crippen MR) is 151 cm³/mol. The maximum Gasteiger partial charge on any atom is 0.235 e. The van der Waals surface area contributed by atoms with Gasteiger partial charge in [-0.25, -0.2) is 0 Å². The Morgan fingerprint density at radius 2 is 0.860 bits per heavy atom. The van der Waals surface area contributed by atoms with E-state index in [4.69, 9.17) is 8.83 Å². The molecule has 2 aromatic heterocycles. The second-order valence-corrected chi connectivity index (χ2v) is 9.15. The van der Waals surface area contributed by atoms with E-state index in [0.717, 1.165) is 18.2 Å². The number of aromatic hydroxyl groups is 9. The zero-order chi connectivity index (χ0) is 31.2. The fourth-order valence-electron chi connectivity index (χ4n) is 4.14. The van der Waals surface area contributed by atoms with Crippen molar-refractivity contribution in [1.82, 2.24) is 0 Å². The fourth-order valence-corrected chi connectivity index (χ4v) is 4.14. The molecular formula is C30H20O13. The lowest BCUT2D eigenvalue weighted by atomic mass is 10.1. The Labute approximate surface area is 238 Å². The van der Waals surface area contributed by atoms with E-state index in [0.29, 0.717) is 0 Å². The summed E-state index contributed by atoms with van der Waals surface area (Å²) in [6.45, 7) is 0. The van der Waals surface area contributed by atoms with Crippen molar-refractivity contribution in [3.05, 3.63) is 87.2 Å². The first-order valence-electron chi connectivity index (χ1n) is 12.1. The number of fused-ring (bicyclic) bond motifs is 2. The van der Waals surface area contributed by atoms with Crippen molar-refractivity contribution in [3.8, 4) is 74.4 Å². The molecule has 0 aliphatic heterocycles. The lowest BCUT2D eigenvalue weighted by Gasteiger charge is -2.08. The van der Waals surface area contributed by atoms with Gasteiger partial charge in [-0.05, 0) is 54.6 Å². The van der Waals surface area contributed by atoms with E-state index >= 15 is 0 Å². The lowest BCUT2D eigenvalue weighted by Crippen LogP contribution is -2.02. The zero-order valence-electron chi connectivity index (χ0n) is 21.5. The minimum Gasteiger partial charge on any atom is -0.508 e. The number of hydrogen-bond donors (Lipinski definition) is 9. The number of phenolic OH excluding ortho intramolecular Hbond substituents is 7. The van der Waals surface area contributed by atoms with Gasteiger partial charge in [0.1, 0.15) is 22.7 Å². The van der Waals surface area contributed by atoms with Gasteiger partial charge in [-0.2, -0.15) is 0 Å². The normalized spacial score (nSPS) is 10.9. The summed E-state index contributed by atoms with van der Waals surface area (Å²) >= 11 is 0. The van der Waals surface area contributed by atoms with Crippen molar-refractivity contribution in [2.75, 3.05) is 0 Å². The molecule has 0 aliphatic rings. The lowest BCUT2D eigenvalue weighted by molar-refractivity contribution is 0.368. The molecule has 9 N–H and O–H groups in total. The average Bonchev–Trinajstić information content (AvgIpc) is 2.97. The summed E-state index contributed by atoms with van der Waals surface area (Å²) in [6.07, 6.45) is 0. The van der Waals surface area contributed by atoms with Crippen LogP contribution in [0.2, 0.25) is 0 Å². The Morgan fingerprint density at radius 1 is 0.419 bits per heavy atom. The third-order valence-corrected chi connectivity index (χ3v) is 6.27. The molecular weight excluding hydrogens is 568 g/mol. The fraction of sp³-hybridized carbons (Fsp3) is 0. The molecule has 0 unspecified atom stereocenters. The first-order chi connectivity index (χ1) is 20.3. The van der Waals surface area contributed by atoms with Crippen LogP contribution in [-0.4, -0.2) is 46.0 Å². The van der Waals surface area contributed by atoms with Crippen LogP contribution in [0.3, 0.4) is 0 Å². The SMILES string of the molecule is O=c1c(O)c(-c2cc(O)c(O)c(O)c2)oc2cc(O)ccc12.O=c1c(O)c(-c2ccc(O)c(O)c2)oc2cc(O)ccc12. The molecule has 0 saturated heterocycles. The molecule has 0 atom stereocenters. The summed E-state index contributed by atoms with van der Waals surface area (Å²) < 4.78 is 10.8. The molecule has 13 heteroatoms. The highest BCUT2D eigenvalue weighted by atomic mass is 16.4. The van der Waals surface area contributed by atoms with Crippen LogP contribution >= 0.6 is 0 Å². The maximum absolute atomic E-state index is 12.1. The third kappa shape index (κ3) is 5.09. The minimum absolute atomic E-state index is 0.0184. The average molecular weight is 588 g/mol. The topological polar surface area (TPSA) is 242 Å². The highest BCUT2D eigenvalue weighted by Gasteiger charge is 2.19. The molecule has 0 aliphatic carbocycles. The van der Waals surface area contributed by atoms with E-state index in [-0.39, 0.29) is 61.8 Å². The van der Waals surface area contributed by atoms with Crippen LogP contribution < -0.4 is 10.9 Å². The van der Waals surface area contributed by atoms with Gasteiger partial charge in [0.25, 0.3) is 0 Å². The van der Waals surface area contributed by atoms with Crippen molar-refractivity contribution in [3.63, 3.8) is 0 Å². The molecule has 6 aromatic rings. The molecule has 0 amide bonds. The molecule has 0 fully saturated rings.